The fourth-order valence-electron chi connectivity index (χ4n) is 1.15. The Morgan fingerprint density at radius 3 is 2.94 bits per heavy atom. The Morgan fingerprint density at radius 2 is 2.28 bits per heavy atom. The normalized spacial score (nSPS) is 10.8. The molecule has 0 aliphatic rings. The summed E-state index contributed by atoms with van der Waals surface area (Å²) in [7, 11) is 0. The van der Waals surface area contributed by atoms with Crippen molar-refractivity contribution in [3.8, 4) is 0 Å². The fraction of sp³-hybridized carbons (Fsp3) is 0. The molecule has 0 bridgehead atoms. The van der Waals surface area contributed by atoms with E-state index in [0.717, 1.165) is 0 Å². The van der Waals surface area contributed by atoms with E-state index in [2.05, 4.69) is 15.5 Å². The van der Waals surface area contributed by atoms with Crippen LogP contribution in [0, 0.1) is 0 Å². The third kappa shape index (κ3) is 3.29. The first-order valence-electron chi connectivity index (χ1n) is 4.83. The van der Waals surface area contributed by atoms with Crippen molar-refractivity contribution >= 4 is 46.7 Å². The van der Waals surface area contributed by atoms with Crippen molar-refractivity contribution in [1.29, 1.82) is 0 Å². The van der Waals surface area contributed by atoms with Crippen molar-refractivity contribution in [3.63, 3.8) is 0 Å². The van der Waals surface area contributed by atoms with Crippen LogP contribution in [0.15, 0.2) is 34.2 Å². The molecule has 1 amide bonds. The highest BCUT2D eigenvalue weighted by Gasteiger charge is 2.05. The maximum absolute atomic E-state index is 11.5. The molecular weight excluding hydrogens is 293 g/mol. The molecule has 0 aliphatic heterocycles. The zero-order valence-electron chi connectivity index (χ0n) is 8.93. The second kappa shape index (κ2) is 5.95. The molecule has 0 saturated carbocycles. The Bertz CT molecular complexity index is 584. The maximum atomic E-state index is 11.5. The van der Waals surface area contributed by atoms with E-state index in [4.69, 9.17) is 23.2 Å². The van der Waals surface area contributed by atoms with Crippen molar-refractivity contribution in [2.75, 3.05) is 0 Å². The molecule has 0 aliphatic carbocycles. The van der Waals surface area contributed by atoms with Gasteiger partial charge in [0.15, 0.2) is 0 Å². The van der Waals surface area contributed by atoms with Crippen molar-refractivity contribution in [1.82, 2.24) is 10.4 Å². The number of aromatic nitrogens is 1. The van der Waals surface area contributed by atoms with E-state index in [9.17, 15) is 4.79 Å². The van der Waals surface area contributed by atoms with Crippen molar-refractivity contribution in [2.45, 2.75) is 0 Å². The first kappa shape index (κ1) is 13.0. The SMILES string of the molecule is O=C(NN=Cc1ccc(Cl)cc1Cl)c1cscn1. The van der Waals surface area contributed by atoms with E-state index in [-0.39, 0.29) is 5.91 Å². The minimum Gasteiger partial charge on any atom is -0.266 e. The lowest BCUT2D eigenvalue weighted by molar-refractivity contribution is 0.0951. The van der Waals surface area contributed by atoms with Gasteiger partial charge in [-0.15, -0.1) is 11.3 Å². The second-order valence-corrected chi connectivity index (χ2v) is 4.80. The summed E-state index contributed by atoms with van der Waals surface area (Å²) >= 11 is 13.1. The highest BCUT2D eigenvalue weighted by atomic mass is 35.5. The zero-order chi connectivity index (χ0) is 13.0. The molecular formula is C11H7Cl2N3OS. The van der Waals surface area contributed by atoms with Crippen LogP contribution >= 0.6 is 34.5 Å². The molecule has 1 aromatic heterocycles. The van der Waals surface area contributed by atoms with Crippen LogP contribution in [-0.2, 0) is 0 Å². The number of nitrogens with one attached hydrogen (secondary N) is 1. The number of carbonyl (C=O) groups is 1. The molecule has 1 N–H and O–H groups in total. The summed E-state index contributed by atoms with van der Waals surface area (Å²) in [6.07, 6.45) is 1.45. The molecule has 0 saturated heterocycles. The highest BCUT2D eigenvalue weighted by Crippen LogP contribution is 2.19. The zero-order valence-corrected chi connectivity index (χ0v) is 11.3. The number of halogens is 2. The summed E-state index contributed by atoms with van der Waals surface area (Å²) in [6, 6.07) is 5.01. The van der Waals surface area contributed by atoms with Crippen LogP contribution in [0.1, 0.15) is 16.1 Å². The van der Waals surface area contributed by atoms with E-state index < -0.39 is 0 Å². The molecule has 2 aromatic rings. The van der Waals surface area contributed by atoms with Crippen LogP contribution < -0.4 is 5.43 Å². The van der Waals surface area contributed by atoms with Gasteiger partial charge in [0.1, 0.15) is 5.69 Å². The summed E-state index contributed by atoms with van der Waals surface area (Å²) in [5.74, 6) is -0.363. The van der Waals surface area contributed by atoms with E-state index in [0.29, 0.717) is 21.3 Å². The number of hydrazone groups is 1. The van der Waals surface area contributed by atoms with Gasteiger partial charge in [-0.1, -0.05) is 29.3 Å². The number of hydrogen-bond acceptors (Lipinski definition) is 4. The molecule has 0 spiro atoms. The van der Waals surface area contributed by atoms with Crippen molar-refractivity contribution in [2.24, 2.45) is 5.10 Å². The van der Waals surface area contributed by atoms with Crippen molar-refractivity contribution < 1.29 is 4.79 Å². The lowest BCUT2D eigenvalue weighted by Crippen LogP contribution is -2.17. The number of carbonyl (C=O) groups excluding carboxylic acids is 1. The quantitative estimate of drug-likeness (QED) is 0.699. The largest absolute Gasteiger partial charge is 0.290 e. The molecule has 18 heavy (non-hydrogen) atoms. The predicted octanol–water partition coefficient (Wildman–Crippen LogP) is 3.21. The van der Waals surface area contributed by atoms with Gasteiger partial charge >= 0.3 is 0 Å². The summed E-state index contributed by atoms with van der Waals surface area (Å²) in [5.41, 5.74) is 4.94. The molecule has 2 rings (SSSR count). The monoisotopic (exact) mass is 299 g/mol. The predicted molar refractivity (Wildman–Crippen MR) is 73.6 cm³/mol. The third-order valence-corrected chi connectivity index (χ3v) is 3.15. The Kier molecular flexibility index (Phi) is 4.30. The molecule has 4 nitrogen and oxygen atoms in total. The minimum absolute atomic E-state index is 0.333. The molecule has 7 heteroatoms. The van der Waals surface area contributed by atoms with Gasteiger partial charge in [-0.2, -0.15) is 5.10 Å². The number of hydrogen-bond donors (Lipinski definition) is 1. The molecule has 0 atom stereocenters. The molecule has 92 valence electrons. The van der Waals surface area contributed by atoms with Gasteiger partial charge in [0.2, 0.25) is 0 Å². The van der Waals surface area contributed by atoms with E-state index in [1.165, 1.54) is 17.6 Å². The number of amides is 1. The Labute approximate surface area is 117 Å². The first-order valence-corrected chi connectivity index (χ1v) is 6.53. The van der Waals surface area contributed by atoms with Crippen LogP contribution in [0.5, 0.6) is 0 Å². The van der Waals surface area contributed by atoms with Gasteiger partial charge in [-0.05, 0) is 12.1 Å². The first-order chi connectivity index (χ1) is 8.66. The van der Waals surface area contributed by atoms with Crippen LogP contribution in [0.25, 0.3) is 0 Å². The highest BCUT2D eigenvalue weighted by molar-refractivity contribution is 7.07. The Balaban J connectivity index is 2.01. The lowest BCUT2D eigenvalue weighted by Gasteiger charge is -1.98. The summed E-state index contributed by atoms with van der Waals surface area (Å²) in [4.78, 5) is 15.4. The molecule has 0 unspecified atom stereocenters. The molecule has 0 fully saturated rings. The number of nitrogens with zero attached hydrogens (tertiary/aromatic N) is 2. The van der Waals surface area contributed by atoms with Crippen LogP contribution in [-0.4, -0.2) is 17.1 Å². The van der Waals surface area contributed by atoms with Gasteiger partial charge < -0.3 is 0 Å². The molecule has 1 heterocycles. The number of benzene rings is 1. The molecule has 1 aromatic carbocycles. The minimum atomic E-state index is -0.363. The van der Waals surface area contributed by atoms with Crippen molar-refractivity contribution in [3.05, 3.63) is 50.4 Å². The maximum Gasteiger partial charge on any atom is 0.290 e. The van der Waals surface area contributed by atoms with Crippen LogP contribution in [0.2, 0.25) is 10.0 Å². The standard InChI is InChI=1S/C11H7Cl2N3OS/c12-8-2-1-7(9(13)3-8)4-15-16-11(17)10-5-18-6-14-10/h1-6H,(H,16,17). The lowest BCUT2D eigenvalue weighted by atomic mass is 10.2. The average molecular weight is 300 g/mol. The van der Waals surface area contributed by atoms with Gasteiger partial charge in [-0.3, -0.25) is 4.79 Å². The Morgan fingerprint density at radius 1 is 1.44 bits per heavy atom. The summed E-state index contributed by atoms with van der Waals surface area (Å²) < 4.78 is 0. The second-order valence-electron chi connectivity index (χ2n) is 3.24. The average Bonchev–Trinajstić information content (AvgIpc) is 2.85. The number of rotatable bonds is 3. The van der Waals surface area contributed by atoms with Gasteiger partial charge in [-0.25, -0.2) is 10.4 Å². The summed E-state index contributed by atoms with van der Waals surface area (Å²) in [6.45, 7) is 0. The fourth-order valence-corrected chi connectivity index (χ4v) is 2.14. The molecule has 0 radical (unpaired) electrons. The smallest absolute Gasteiger partial charge is 0.266 e. The van der Waals surface area contributed by atoms with Gasteiger partial charge in [0.25, 0.3) is 5.91 Å². The van der Waals surface area contributed by atoms with E-state index >= 15 is 0 Å². The Hall–Kier alpha value is -1.43. The van der Waals surface area contributed by atoms with Crippen LogP contribution in [0.4, 0.5) is 0 Å². The summed E-state index contributed by atoms with van der Waals surface area (Å²) in [5, 5.41) is 6.45. The van der Waals surface area contributed by atoms with E-state index in [1.54, 1.807) is 29.1 Å². The van der Waals surface area contributed by atoms with Crippen LogP contribution in [0.3, 0.4) is 0 Å². The van der Waals surface area contributed by atoms with Gasteiger partial charge in [0.05, 0.1) is 16.7 Å². The third-order valence-electron chi connectivity index (χ3n) is 2.00. The van der Waals surface area contributed by atoms with E-state index in [1.807, 2.05) is 0 Å². The number of thiazole rings is 1. The van der Waals surface area contributed by atoms with Gasteiger partial charge in [0, 0.05) is 16.0 Å². The topological polar surface area (TPSA) is 54.4 Å².